The van der Waals surface area contributed by atoms with Crippen molar-refractivity contribution in [3.63, 3.8) is 0 Å². The van der Waals surface area contributed by atoms with Gasteiger partial charge in [-0.15, -0.1) is 0 Å². The first-order valence-electron chi connectivity index (χ1n) is 6.43. The third-order valence-electron chi connectivity index (χ3n) is 3.74. The van der Waals surface area contributed by atoms with Gasteiger partial charge in [0.2, 0.25) is 0 Å². The minimum atomic E-state index is -0.707. The van der Waals surface area contributed by atoms with Crippen LogP contribution in [0.15, 0.2) is 30.3 Å². The molecule has 2 aliphatic heterocycles. The number of carbonyl (C=O) groups excluding carboxylic acids is 1. The average Bonchev–Trinajstić information content (AvgIpc) is 2.80. The van der Waals surface area contributed by atoms with Crippen LogP contribution in [0.1, 0.15) is 24.9 Å². The van der Waals surface area contributed by atoms with Crippen LogP contribution < -0.4 is 0 Å². The molecule has 2 aliphatic rings. The van der Waals surface area contributed by atoms with Crippen molar-refractivity contribution in [1.82, 2.24) is 5.06 Å². The Morgan fingerprint density at radius 2 is 2.11 bits per heavy atom. The van der Waals surface area contributed by atoms with Gasteiger partial charge < -0.3 is 9.84 Å². The van der Waals surface area contributed by atoms with Gasteiger partial charge >= 0.3 is 5.97 Å². The van der Waals surface area contributed by atoms with Gasteiger partial charge in [-0.3, -0.25) is 9.63 Å². The summed E-state index contributed by atoms with van der Waals surface area (Å²) in [6, 6.07) is 9.26. The fourth-order valence-corrected chi connectivity index (χ4v) is 2.66. The first kappa shape index (κ1) is 12.6. The Morgan fingerprint density at radius 1 is 1.37 bits per heavy atom. The summed E-state index contributed by atoms with van der Waals surface area (Å²) >= 11 is 0. The highest BCUT2D eigenvalue weighted by molar-refractivity contribution is 5.77. The maximum absolute atomic E-state index is 11.8. The van der Waals surface area contributed by atoms with Crippen LogP contribution >= 0.6 is 0 Å². The molecule has 1 aromatic carbocycles. The average molecular weight is 263 g/mol. The molecule has 2 heterocycles. The molecule has 0 aliphatic carbocycles. The fraction of sp³-hybridized carbons (Fsp3) is 0.500. The molecular weight excluding hydrogens is 246 g/mol. The molecule has 0 unspecified atom stereocenters. The smallest absolute Gasteiger partial charge is 0.325 e. The first-order chi connectivity index (χ1) is 9.13. The number of benzene rings is 1. The molecule has 102 valence electrons. The molecule has 0 amide bonds. The van der Waals surface area contributed by atoms with E-state index in [1.54, 1.807) is 12.0 Å². The predicted molar refractivity (Wildman–Crippen MR) is 67.0 cm³/mol. The third-order valence-corrected chi connectivity index (χ3v) is 3.74. The number of hydrogen-bond donors (Lipinski definition) is 1. The number of fused-ring (bicyclic) bond motifs is 1. The maximum atomic E-state index is 11.8. The van der Waals surface area contributed by atoms with Gasteiger partial charge in [-0.05, 0) is 12.5 Å². The fourth-order valence-electron chi connectivity index (χ4n) is 2.66. The van der Waals surface area contributed by atoms with E-state index in [2.05, 4.69) is 0 Å². The Labute approximate surface area is 111 Å². The standard InChI is InChI=1S/C14H17NO4/c1-14(9-16)7-11-13(17)18-8-12(15(11)19-14)10-5-3-2-4-6-10/h2-6,11-12,16H,7-9H2,1H3/t11-,12+,14-/m0/s1. The predicted octanol–water partition coefficient (Wildman–Crippen LogP) is 1.04. The van der Waals surface area contributed by atoms with Crippen LogP contribution in [0.3, 0.4) is 0 Å². The number of nitrogens with zero attached hydrogens (tertiary/aromatic N) is 1. The molecular formula is C14H17NO4. The van der Waals surface area contributed by atoms with E-state index < -0.39 is 11.6 Å². The number of hydrogen-bond acceptors (Lipinski definition) is 5. The van der Waals surface area contributed by atoms with Gasteiger partial charge in [-0.25, -0.2) is 0 Å². The second kappa shape index (κ2) is 4.59. The second-order valence-electron chi connectivity index (χ2n) is 5.34. The van der Waals surface area contributed by atoms with Gasteiger partial charge in [0.05, 0.1) is 12.6 Å². The molecule has 0 aromatic heterocycles. The van der Waals surface area contributed by atoms with Gasteiger partial charge in [0.15, 0.2) is 0 Å². The minimum absolute atomic E-state index is 0.114. The van der Waals surface area contributed by atoms with Crippen LogP contribution in [0, 0.1) is 0 Å². The number of aliphatic hydroxyl groups excluding tert-OH is 1. The number of rotatable bonds is 2. The number of aliphatic hydroxyl groups is 1. The lowest BCUT2D eigenvalue weighted by molar-refractivity contribution is -0.253. The summed E-state index contributed by atoms with van der Waals surface area (Å²) in [6.07, 6.45) is 0.450. The molecule has 19 heavy (non-hydrogen) atoms. The van der Waals surface area contributed by atoms with E-state index in [4.69, 9.17) is 9.57 Å². The molecule has 3 rings (SSSR count). The molecule has 2 saturated heterocycles. The summed E-state index contributed by atoms with van der Waals surface area (Å²) < 4.78 is 5.25. The highest BCUT2D eigenvalue weighted by Gasteiger charge is 2.51. The third kappa shape index (κ3) is 2.14. The molecule has 1 aromatic rings. The molecule has 0 radical (unpaired) electrons. The van der Waals surface area contributed by atoms with Crippen molar-refractivity contribution in [1.29, 1.82) is 0 Å². The Bertz CT molecular complexity index is 478. The largest absolute Gasteiger partial charge is 0.462 e. The first-order valence-corrected chi connectivity index (χ1v) is 6.43. The van der Waals surface area contributed by atoms with Gasteiger partial charge in [0, 0.05) is 6.42 Å². The van der Waals surface area contributed by atoms with Crippen molar-refractivity contribution in [3.05, 3.63) is 35.9 Å². The van der Waals surface area contributed by atoms with Crippen molar-refractivity contribution < 1.29 is 19.5 Å². The summed E-state index contributed by atoms with van der Waals surface area (Å²) in [6.45, 7) is 1.97. The van der Waals surface area contributed by atoms with Gasteiger partial charge in [0.1, 0.15) is 18.2 Å². The molecule has 2 fully saturated rings. The second-order valence-corrected chi connectivity index (χ2v) is 5.34. The lowest BCUT2D eigenvalue weighted by Gasteiger charge is -2.35. The summed E-state index contributed by atoms with van der Waals surface area (Å²) in [5.41, 5.74) is 0.336. The monoisotopic (exact) mass is 263 g/mol. The van der Waals surface area contributed by atoms with Crippen LogP contribution in [0.25, 0.3) is 0 Å². The molecule has 5 heteroatoms. The number of cyclic esters (lactones) is 1. The number of hydroxylamine groups is 2. The van der Waals surface area contributed by atoms with Crippen molar-refractivity contribution in [2.24, 2.45) is 0 Å². The maximum Gasteiger partial charge on any atom is 0.325 e. The topological polar surface area (TPSA) is 59.0 Å². The van der Waals surface area contributed by atoms with Crippen molar-refractivity contribution >= 4 is 5.97 Å². The Hall–Kier alpha value is -1.43. The number of esters is 1. The summed E-state index contributed by atoms with van der Waals surface area (Å²) in [5.74, 6) is -0.274. The summed E-state index contributed by atoms with van der Waals surface area (Å²) in [7, 11) is 0. The molecule has 0 saturated carbocycles. The van der Waals surface area contributed by atoms with Crippen LogP contribution in [0.2, 0.25) is 0 Å². The SMILES string of the molecule is C[C@@]1(CO)C[C@H]2C(=O)OC[C@H](c3ccccc3)N2O1. The zero-order valence-corrected chi connectivity index (χ0v) is 10.8. The van der Waals surface area contributed by atoms with E-state index in [1.807, 2.05) is 30.3 Å². The highest BCUT2D eigenvalue weighted by atomic mass is 16.7. The zero-order valence-electron chi connectivity index (χ0n) is 10.8. The molecule has 1 N–H and O–H groups in total. The Balaban J connectivity index is 1.90. The van der Waals surface area contributed by atoms with Gasteiger partial charge in [-0.1, -0.05) is 30.3 Å². The van der Waals surface area contributed by atoms with E-state index in [0.717, 1.165) is 5.56 Å². The molecule has 0 bridgehead atoms. The number of ether oxygens (including phenoxy) is 1. The summed E-state index contributed by atoms with van der Waals surface area (Å²) in [4.78, 5) is 17.7. The lowest BCUT2D eigenvalue weighted by Crippen LogP contribution is -2.46. The van der Waals surface area contributed by atoms with Crippen molar-refractivity contribution in [3.8, 4) is 0 Å². The lowest BCUT2D eigenvalue weighted by atomic mass is 9.97. The Kier molecular flexibility index (Phi) is 3.05. The zero-order chi connectivity index (χ0) is 13.5. The van der Waals surface area contributed by atoms with Crippen LogP contribution in [-0.4, -0.2) is 41.0 Å². The van der Waals surface area contributed by atoms with E-state index in [1.165, 1.54) is 0 Å². The molecule has 3 atom stereocenters. The van der Waals surface area contributed by atoms with Crippen LogP contribution in [-0.2, 0) is 14.4 Å². The van der Waals surface area contributed by atoms with Crippen LogP contribution in [0.4, 0.5) is 0 Å². The van der Waals surface area contributed by atoms with E-state index in [0.29, 0.717) is 6.42 Å². The van der Waals surface area contributed by atoms with Crippen molar-refractivity contribution in [2.45, 2.75) is 31.0 Å². The highest BCUT2D eigenvalue weighted by Crippen LogP contribution is 2.40. The van der Waals surface area contributed by atoms with E-state index >= 15 is 0 Å². The number of morpholine rings is 1. The minimum Gasteiger partial charge on any atom is -0.462 e. The Morgan fingerprint density at radius 3 is 2.79 bits per heavy atom. The van der Waals surface area contributed by atoms with E-state index in [9.17, 15) is 9.90 Å². The van der Waals surface area contributed by atoms with E-state index in [-0.39, 0.29) is 25.2 Å². The molecule has 0 spiro atoms. The van der Waals surface area contributed by atoms with Gasteiger partial charge in [0.25, 0.3) is 0 Å². The van der Waals surface area contributed by atoms with Crippen molar-refractivity contribution in [2.75, 3.05) is 13.2 Å². The quantitative estimate of drug-likeness (QED) is 0.808. The summed E-state index contributed by atoms with van der Waals surface area (Å²) in [5, 5.41) is 11.1. The van der Waals surface area contributed by atoms with Gasteiger partial charge in [-0.2, -0.15) is 5.06 Å². The normalized spacial score (nSPS) is 34.9. The molecule has 5 nitrogen and oxygen atoms in total. The van der Waals surface area contributed by atoms with Crippen LogP contribution in [0.5, 0.6) is 0 Å². The number of carbonyl (C=O) groups is 1.